The van der Waals surface area contributed by atoms with Crippen molar-refractivity contribution in [3.8, 4) is 0 Å². The highest BCUT2D eigenvalue weighted by Crippen LogP contribution is 2.39. The summed E-state index contributed by atoms with van der Waals surface area (Å²) in [6.45, 7) is 4.33. The Kier molecular flexibility index (Phi) is 5.14. The van der Waals surface area contributed by atoms with Crippen molar-refractivity contribution in [1.82, 2.24) is 9.80 Å². The molecule has 0 saturated carbocycles. The van der Waals surface area contributed by atoms with Crippen molar-refractivity contribution in [3.63, 3.8) is 0 Å². The van der Waals surface area contributed by atoms with Crippen LogP contribution in [-0.4, -0.2) is 67.1 Å². The number of hydrogen-bond acceptors (Lipinski definition) is 4. The zero-order valence-electron chi connectivity index (χ0n) is 10.4. The van der Waals surface area contributed by atoms with Crippen molar-refractivity contribution in [2.75, 3.05) is 25.7 Å². The Morgan fingerprint density at radius 2 is 1.17 bits per heavy atom. The summed E-state index contributed by atoms with van der Waals surface area (Å²) >= 11 is 0. The SMILES string of the molecule is CC1CN(CP(=O)(O)O)C(C)CN1CP(=O)(O)O. The highest BCUT2D eigenvalue weighted by molar-refractivity contribution is 7.51. The van der Waals surface area contributed by atoms with E-state index in [0.29, 0.717) is 13.1 Å². The summed E-state index contributed by atoms with van der Waals surface area (Å²) in [7, 11) is -8.21. The van der Waals surface area contributed by atoms with Gasteiger partial charge in [0.15, 0.2) is 0 Å². The lowest BCUT2D eigenvalue weighted by atomic mass is 10.1. The fourth-order valence-corrected chi connectivity index (χ4v) is 3.87. The molecular formula is C8H20N2O6P2. The van der Waals surface area contributed by atoms with Gasteiger partial charge in [0.2, 0.25) is 0 Å². The predicted octanol–water partition coefficient (Wildman–Crippen LogP) is -0.349. The maximum atomic E-state index is 11.0. The Labute approximate surface area is 106 Å². The molecule has 2 unspecified atom stereocenters. The Hall–Kier alpha value is 0.220. The van der Waals surface area contributed by atoms with Gasteiger partial charge in [-0.2, -0.15) is 0 Å². The minimum absolute atomic E-state index is 0.152. The topological polar surface area (TPSA) is 122 Å². The second kappa shape index (κ2) is 5.69. The number of piperazine rings is 1. The van der Waals surface area contributed by atoms with Crippen LogP contribution in [0.5, 0.6) is 0 Å². The summed E-state index contributed by atoms with van der Waals surface area (Å²) in [5.74, 6) is 0. The first kappa shape index (κ1) is 16.3. The summed E-state index contributed by atoms with van der Waals surface area (Å²) in [6.07, 6.45) is -0.634. The van der Waals surface area contributed by atoms with Gasteiger partial charge in [-0.3, -0.25) is 18.9 Å². The van der Waals surface area contributed by atoms with Crippen LogP contribution in [0.25, 0.3) is 0 Å². The van der Waals surface area contributed by atoms with Crippen molar-refractivity contribution >= 4 is 15.2 Å². The van der Waals surface area contributed by atoms with E-state index in [1.54, 1.807) is 23.6 Å². The molecule has 1 aliphatic heterocycles. The van der Waals surface area contributed by atoms with E-state index in [0.717, 1.165) is 0 Å². The number of hydrogen-bond donors (Lipinski definition) is 4. The molecule has 0 amide bonds. The van der Waals surface area contributed by atoms with Crippen LogP contribution in [0.4, 0.5) is 0 Å². The first-order chi connectivity index (χ1) is 7.98. The Morgan fingerprint density at radius 1 is 0.889 bits per heavy atom. The molecule has 1 heterocycles. The second-order valence-electron chi connectivity index (χ2n) is 4.85. The van der Waals surface area contributed by atoms with Crippen LogP contribution < -0.4 is 0 Å². The smallest absolute Gasteiger partial charge is 0.324 e. The van der Waals surface area contributed by atoms with Crippen LogP contribution in [0, 0.1) is 0 Å². The maximum absolute atomic E-state index is 11.0. The third kappa shape index (κ3) is 5.47. The Balaban J connectivity index is 2.65. The van der Waals surface area contributed by atoms with Gasteiger partial charge in [-0.1, -0.05) is 0 Å². The van der Waals surface area contributed by atoms with Gasteiger partial charge in [0.25, 0.3) is 0 Å². The number of rotatable bonds is 4. The molecule has 0 bridgehead atoms. The molecule has 0 spiro atoms. The largest absolute Gasteiger partial charge is 0.339 e. The third-order valence-electron chi connectivity index (χ3n) is 2.98. The lowest BCUT2D eigenvalue weighted by Gasteiger charge is -2.43. The summed E-state index contributed by atoms with van der Waals surface area (Å²) in [6, 6.07) is -0.305. The van der Waals surface area contributed by atoms with E-state index in [4.69, 9.17) is 19.6 Å². The molecule has 108 valence electrons. The molecule has 0 aromatic carbocycles. The molecular weight excluding hydrogens is 282 g/mol. The lowest BCUT2D eigenvalue weighted by Crippen LogP contribution is -2.56. The minimum Gasteiger partial charge on any atom is -0.324 e. The predicted molar refractivity (Wildman–Crippen MR) is 66.2 cm³/mol. The van der Waals surface area contributed by atoms with Crippen molar-refractivity contribution in [1.29, 1.82) is 0 Å². The van der Waals surface area contributed by atoms with Crippen LogP contribution in [0.1, 0.15) is 13.8 Å². The minimum atomic E-state index is -4.10. The van der Waals surface area contributed by atoms with Gasteiger partial charge in [-0.15, -0.1) is 0 Å². The van der Waals surface area contributed by atoms with Crippen LogP contribution in [0.3, 0.4) is 0 Å². The first-order valence-electron chi connectivity index (χ1n) is 5.55. The highest BCUT2D eigenvalue weighted by atomic mass is 31.2. The third-order valence-corrected chi connectivity index (χ3v) is 4.44. The van der Waals surface area contributed by atoms with Gasteiger partial charge in [-0.25, -0.2) is 0 Å². The van der Waals surface area contributed by atoms with E-state index >= 15 is 0 Å². The van der Waals surface area contributed by atoms with Crippen molar-refractivity contribution in [2.24, 2.45) is 0 Å². The molecule has 18 heavy (non-hydrogen) atoms. The molecule has 8 nitrogen and oxygen atoms in total. The average Bonchev–Trinajstić information content (AvgIpc) is 2.08. The monoisotopic (exact) mass is 302 g/mol. The van der Waals surface area contributed by atoms with E-state index < -0.39 is 15.2 Å². The van der Waals surface area contributed by atoms with Gasteiger partial charge in [0.1, 0.15) is 12.6 Å². The van der Waals surface area contributed by atoms with Crippen LogP contribution in [-0.2, 0) is 9.13 Å². The van der Waals surface area contributed by atoms with Gasteiger partial charge in [0.05, 0.1) is 0 Å². The molecule has 0 radical (unpaired) electrons. The van der Waals surface area contributed by atoms with Gasteiger partial charge < -0.3 is 19.6 Å². The second-order valence-corrected chi connectivity index (χ2v) is 8.08. The summed E-state index contributed by atoms with van der Waals surface area (Å²) in [4.78, 5) is 39.1. The van der Waals surface area contributed by atoms with Gasteiger partial charge >= 0.3 is 15.2 Å². The highest BCUT2D eigenvalue weighted by Gasteiger charge is 2.34. The van der Waals surface area contributed by atoms with E-state index in [-0.39, 0.29) is 24.7 Å². The van der Waals surface area contributed by atoms with Crippen molar-refractivity contribution in [2.45, 2.75) is 25.9 Å². The molecule has 0 aromatic heterocycles. The molecule has 1 saturated heterocycles. The molecule has 4 N–H and O–H groups in total. The molecule has 1 rings (SSSR count). The van der Waals surface area contributed by atoms with Crippen molar-refractivity contribution in [3.05, 3.63) is 0 Å². The fourth-order valence-electron chi connectivity index (χ4n) is 2.14. The molecule has 10 heteroatoms. The standard InChI is InChI=1S/C8H20N2O6P2/c1-7-3-10(6-18(14,15)16)8(2)4-9(7)5-17(11,12)13/h7-8H,3-6H2,1-2H3,(H2,11,12,13)(H2,14,15,16). The summed E-state index contributed by atoms with van der Waals surface area (Å²) in [5, 5.41) is 0. The van der Waals surface area contributed by atoms with E-state index in [1.165, 1.54) is 0 Å². The molecule has 0 aliphatic carbocycles. The molecule has 0 aromatic rings. The van der Waals surface area contributed by atoms with E-state index in [9.17, 15) is 9.13 Å². The van der Waals surface area contributed by atoms with Crippen LogP contribution in [0.15, 0.2) is 0 Å². The van der Waals surface area contributed by atoms with E-state index in [2.05, 4.69) is 0 Å². The van der Waals surface area contributed by atoms with Crippen LogP contribution in [0.2, 0.25) is 0 Å². The summed E-state index contributed by atoms with van der Waals surface area (Å²) < 4.78 is 22.0. The normalized spacial score (nSPS) is 28.6. The molecule has 1 fully saturated rings. The van der Waals surface area contributed by atoms with E-state index in [1.807, 2.05) is 0 Å². The van der Waals surface area contributed by atoms with Crippen LogP contribution >= 0.6 is 15.2 Å². The molecule has 2 atom stereocenters. The fraction of sp³-hybridized carbons (Fsp3) is 1.00. The zero-order chi connectivity index (χ0) is 14.1. The summed E-state index contributed by atoms with van der Waals surface area (Å²) in [5.41, 5.74) is 0. The Morgan fingerprint density at radius 3 is 1.39 bits per heavy atom. The quantitative estimate of drug-likeness (QED) is 0.520. The van der Waals surface area contributed by atoms with Gasteiger partial charge in [-0.05, 0) is 13.8 Å². The Bertz CT molecular complexity index is 344. The lowest BCUT2D eigenvalue weighted by molar-refractivity contribution is 0.0598. The maximum Gasteiger partial charge on any atom is 0.339 e. The molecule has 1 aliphatic rings. The average molecular weight is 302 g/mol. The van der Waals surface area contributed by atoms with Crippen molar-refractivity contribution < 1.29 is 28.7 Å². The zero-order valence-corrected chi connectivity index (χ0v) is 12.2. The number of nitrogens with zero attached hydrogens (tertiary/aromatic N) is 2. The van der Waals surface area contributed by atoms with Gasteiger partial charge in [0, 0.05) is 25.2 Å². The first-order valence-corrected chi connectivity index (χ1v) is 9.15.